The molecule has 0 aliphatic carbocycles. The molecule has 2 N–H and O–H groups in total. The Morgan fingerprint density at radius 3 is 1.91 bits per heavy atom. The van der Waals surface area contributed by atoms with Gasteiger partial charge in [0.15, 0.2) is 5.78 Å². The Morgan fingerprint density at radius 2 is 1.36 bits per heavy atom. The molecule has 0 bridgehead atoms. The number of amides is 1. The van der Waals surface area contributed by atoms with Crippen LogP contribution in [-0.4, -0.2) is 28.5 Å². The van der Waals surface area contributed by atoms with Crippen molar-refractivity contribution < 1.29 is 19.5 Å². The molecule has 0 aliphatic heterocycles. The molecule has 10 heteroatoms. The minimum Gasteiger partial charge on any atom is -0.478 e. The lowest BCUT2D eigenvalue weighted by Crippen LogP contribution is -2.18. The van der Waals surface area contributed by atoms with Gasteiger partial charge in [0.25, 0.3) is 5.91 Å². The Labute approximate surface area is 214 Å². The highest BCUT2D eigenvalue weighted by molar-refractivity contribution is 8.00. The fourth-order valence-corrected chi connectivity index (χ4v) is 4.66. The predicted molar refractivity (Wildman–Crippen MR) is 134 cm³/mol. The molecule has 0 aromatic heterocycles. The summed E-state index contributed by atoms with van der Waals surface area (Å²) >= 11 is 25.3. The van der Waals surface area contributed by atoms with Crippen molar-refractivity contribution >= 4 is 81.5 Å². The number of carboxylic acids is 1. The molecule has 33 heavy (non-hydrogen) atoms. The Bertz CT molecular complexity index is 1250. The first-order valence-corrected chi connectivity index (χ1v) is 11.8. The van der Waals surface area contributed by atoms with E-state index in [9.17, 15) is 19.5 Å². The molecular weight excluding hydrogens is 528 g/mol. The molecule has 1 amide bonds. The van der Waals surface area contributed by atoms with Gasteiger partial charge in [0.05, 0.1) is 37.0 Å². The summed E-state index contributed by atoms with van der Waals surface area (Å²) < 4.78 is 0. The van der Waals surface area contributed by atoms with Gasteiger partial charge in [-0.1, -0.05) is 76.2 Å². The number of anilines is 1. The lowest BCUT2D eigenvalue weighted by molar-refractivity contribution is 0.0692. The fourth-order valence-electron chi connectivity index (χ4n) is 2.85. The largest absolute Gasteiger partial charge is 0.478 e. The van der Waals surface area contributed by atoms with Crippen molar-refractivity contribution in [2.24, 2.45) is 0 Å². The molecule has 0 aliphatic rings. The lowest BCUT2D eigenvalue weighted by Gasteiger charge is -2.14. The summed E-state index contributed by atoms with van der Waals surface area (Å²) in [6.45, 7) is 1.95. The van der Waals surface area contributed by atoms with E-state index in [1.165, 1.54) is 11.8 Å². The van der Waals surface area contributed by atoms with Crippen LogP contribution in [0.1, 0.15) is 36.6 Å². The molecule has 0 atom stereocenters. The topological polar surface area (TPSA) is 83.5 Å². The minimum atomic E-state index is -1.48. The van der Waals surface area contributed by atoms with E-state index in [1.807, 2.05) is 19.1 Å². The van der Waals surface area contributed by atoms with E-state index in [2.05, 4.69) is 5.32 Å². The average molecular weight is 543 g/mol. The quantitative estimate of drug-likeness (QED) is 0.139. The van der Waals surface area contributed by atoms with Crippen LogP contribution in [0.25, 0.3) is 0 Å². The summed E-state index contributed by atoms with van der Waals surface area (Å²) in [5.41, 5.74) is 1.16. The molecule has 170 valence electrons. The monoisotopic (exact) mass is 541 g/mol. The van der Waals surface area contributed by atoms with Gasteiger partial charge in [-0.25, -0.2) is 4.79 Å². The van der Waals surface area contributed by atoms with Gasteiger partial charge in [-0.3, -0.25) is 9.59 Å². The second kappa shape index (κ2) is 10.8. The molecule has 0 unspecified atom stereocenters. The van der Waals surface area contributed by atoms with Crippen LogP contribution in [0.3, 0.4) is 0 Å². The third-order valence-corrected chi connectivity index (χ3v) is 7.38. The van der Waals surface area contributed by atoms with Crippen LogP contribution in [0, 0.1) is 6.92 Å². The normalized spacial score (nSPS) is 10.7. The molecule has 0 saturated heterocycles. The van der Waals surface area contributed by atoms with Crippen LogP contribution in [0.5, 0.6) is 0 Å². The number of carboxylic acid groups (broad SMARTS) is 1. The van der Waals surface area contributed by atoms with Crippen LogP contribution >= 0.6 is 58.2 Å². The Morgan fingerprint density at radius 1 is 0.818 bits per heavy atom. The highest BCUT2D eigenvalue weighted by Gasteiger charge is 2.28. The van der Waals surface area contributed by atoms with E-state index in [0.29, 0.717) is 11.3 Å². The zero-order chi connectivity index (χ0) is 24.3. The predicted octanol–water partition coefficient (Wildman–Crippen LogP) is 7.53. The number of carbonyl (C=O) groups excluding carboxylic acids is 2. The number of carbonyl (C=O) groups is 3. The number of Topliss-reactive ketones (excluding diaryl/α,β-unsaturated/α-hetero) is 1. The van der Waals surface area contributed by atoms with Crippen molar-refractivity contribution in [2.45, 2.75) is 11.8 Å². The molecule has 3 aromatic rings. The first kappa shape index (κ1) is 25.4. The van der Waals surface area contributed by atoms with E-state index in [1.54, 1.807) is 36.4 Å². The van der Waals surface area contributed by atoms with Crippen molar-refractivity contribution in [1.82, 2.24) is 0 Å². The number of aromatic carboxylic acids is 1. The van der Waals surface area contributed by atoms with Gasteiger partial charge in [0.2, 0.25) is 0 Å². The number of thioether (sulfide) groups is 1. The molecule has 0 fully saturated rings. The number of hydrogen-bond donors (Lipinski definition) is 2. The lowest BCUT2D eigenvalue weighted by atomic mass is 10.1. The van der Waals surface area contributed by atoms with E-state index in [4.69, 9.17) is 46.4 Å². The second-order valence-corrected chi connectivity index (χ2v) is 9.43. The van der Waals surface area contributed by atoms with Gasteiger partial charge in [0.1, 0.15) is 0 Å². The number of nitrogens with one attached hydrogen (secondary N) is 1. The zero-order valence-corrected chi connectivity index (χ0v) is 20.8. The average Bonchev–Trinajstić information content (AvgIpc) is 2.79. The molecule has 3 rings (SSSR count). The van der Waals surface area contributed by atoms with Crippen molar-refractivity contribution in [3.05, 3.63) is 90.9 Å². The van der Waals surface area contributed by atoms with Crippen LogP contribution in [0.2, 0.25) is 20.1 Å². The third-order valence-electron chi connectivity index (χ3n) is 4.56. The smallest absolute Gasteiger partial charge is 0.338 e. The van der Waals surface area contributed by atoms with Gasteiger partial charge in [0, 0.05) is 16.1 Å². The molecule has 3 aromatic carbocycles. The van der Waals surface area contributed by atoms with Crippen LogP contribution in [0.15, 0.2) is 53.4 Å². The van der Waals surface area contributed by atoms with Gasteiger partial charge in [-0.05, 0) is 31.2 Å². The molecular formula is C23H15Cl4NO4S. The summed E-state index contributed by atoms with van der Waals surface area (Å²) in [4.78, 5) is 37.6. The number of hydrogen-bond acceptors (Lipinski definition) is 4. The summed E-state index contributed by atoms with van der Waals surface area (Å²) in [6, 6.07) is 14.0. The maximum absolute atomic E-state index is 12.8. The number of aryl methyl sites for hydroxylation is 1. The maximum Gasteiger partial charge on any atom is 0.338 e. The van der Waals surface area contributed by atoms with E-state index in [0.717, 1.165) is 10.5 Å². The van der Waals surface area contributed by atoms with Crippen LogP contribution in [-0.2, 0) is 0 Å². The Hall–Kier alpha value is -2.22. The molecule has 0 saturated carbocycles. The summed E-state index contributed by atoms with van der Waals surface area (Å²) in [7, 11) is 0. The summed E-state index contributed by atoms with van der Waals surface area (Å²) in [5, 5.41) is 10.9. The third kappa shape index (κ3) is 5.83. The summed E-state index contributed by atoms with van der Waals surface area (Å²) in [5.74, 6) is -2.03. The van der Waals surface area contributed by atoms with Crippen molar-refractivity contribution in [3.8, 4) is 0 Å². The Balaban J connectivity index is 1.73. The van der Waals surface area contributed by atoms with Gasteiger partial charge in [-0.2, -0.15) is 0 Å². The summed E-state index contributed by atoms with van der Waals surface area (Å²) in [6.07, 6.45) is 0. The first-order chi connectivity index (χ1) is 15.6. The van der Waals surface area contributed by atoms with Crippen LogP contribution in [0.4, 0.5) is 5.69 Å². The Kier molecular flexibility index (Phi) is 8.32. The molecule has 0 spiro atoms. The van der Waals surface area contributed by atoms with Gasteiger partial charge >= 0.3 is 5.97 Å². The van der Waals surface area contributed by atoms with E-state index in [-0.39, 0.29) is 31.6 Å². The fraction of sp³-hybridized carbons (Fsp3) is 0.0870. The number of benzene rings is 3. The number of rotatable bonds is 7. The van der Waals surface area contributed by atoms with Gasteiger partial charge in [-0.15, -0.1) is 11.8 Å². The highest BCUT2D eigenvalue weighted by Crippen LogP contribution is 2.41. The minimum absolute atomic E-state index is 0.00437. The van der Waals surface area contributed by atoms with Crippen molar-refractivity contribution in [1.29, 1.82) is 0 Å². The molecule has 5 nitrogen and oxygen atoms in total. The first-order valence-electron chi connectivity index (χ1n) is 9.33. The SMILES string of the molecule is Cc1ccc(C(=O)CSc2ccc(NC(=O)c3c(Cl)c(Cl)c(Cl)c(Cl)c3C(=O)O)cc2)cc1. The zero-order valence-electron chi connectivity index (χ0n) is 16.9. The highest BCUT2D eigenvalue weighted by atomic mass is 35.5. The van der Waals surface area contributed by atoms with E-state index < -0.39 is 23.0 Å². The van der Waals surface area contributed by atoms with Crippen molar-refractivity contribution in [3.63, 3.8) is 0 Å². The maximum atomic E-state index is 12.8. The number of ketones is 1. The molecule has 0 radical (unpaired) electrons. The van der Waals surface area contributed by atoms with E-state index >= 15 is 0 Å². The van der Waals surface area contributed by atoms with Crippen molar-refractivity contribution in [2.75, 3.05) is 11.1 Å². The second-order valence-electron chi connectivity index (χ2n) is 6.87. The van der Waals surface area contributed by atoms with Gasteiger partial charge < -0.3 is 10.4 Å². The number of halogens is 4. The van der Waals surface area contributed by atoms with Crippen LogP contribution < -0.4 is 5.32 Å². The standard InChI is InChI=1S/C23H15Cl4NO4S/c1-11-2-4-12(5-3-11)15(29)10-33-14-8-6-13(7-9-14)28-22(30)16-17(23(31)32)19(25)21(27)20(26)18(16)24/h2-9H,10H2,1H3,(H,28,30)(H,31,32). The molecule has 0 heterocycles.